The molecular formula is C20H20N4O5. The molecule has 29 heavy (non-hydrogen) atoms. The second-order valence-corrected chi connectivity index (χ2v) is 6.07. The first-order valence-electron chi connectivity index (χ1n) is 8.88. The molecule has 0 fully saturated rings. The fourth-order valence-electron chi connectivity index (χ4n) is 2.84. The maximum atomic E-state index is 12.8. The van der Waals surface area contributed by atoms with Gasteiger partial charge in [-0.15, -0.1) is 0 Å². The van der Waals surface area contributed by atoms with Gasteiger partial charge < -0.3 is 14.8 Å². The first-order valence-corrected chi connectivity index (χ1v) is 8.88. The molecule has 0 aliphatic rings. The van der Waals surface area contributed by atoms with Gasteiger partial charge in [0.1, 0.15) is 5.56 Å². The van der Waals surface area contributed by atoms with E-state index in [0.717, 1.165) is 5.56 Å². The highest BCUT2D eigenvalue weighted by molar-refractivity contribution is 6.07. The van der Waals surface area contributed by atoms with Crippen molar-refractivity contribution in [3.8, 4) is 11.5 Å². The first-order chi connectivity index (χ1) is 14.0. The van der Waals surface area contributed by atoms with Gasteiger partial charge in [-0.1, -0.05) is 12.1 Å². The topological polar surface area (TPSA) is 109 Å². The van der Waals surface area contributed by atoms with Gasteiger partial charge in [0.2, 0.25) is 0 Å². The minimum absolute atomic E-state index is 0.118. The zero-order valence-corrected chi connectivity index (χ0v) is 16.0. The van der Waals surface area contributed by atoms with Gasteiger partial charge in [-0.05, 0) is 30.7 Å². The third-order valence-electron chi connectivity index (χ3n) is 4.11. The van der Waals surface area contributed by atoms with E-state index in [1.54, 1.807) is 36.0 Å². The summed E-state index contributed by atoms with van der Waals surface area (Å²) in [5.74, 6) is -0.163. The van der Waals surface area contributed by atoms with Crippen LogP contribution in [-0.4, -0.2) is 34.3 Å². The Hall–Kier alpha value is -3.88. The standard InChI is InChI=1S/C20H20N4O5/c1-3-29-19-12-17(24(26)27)16(11-18(19)28-2)20(25)22-15-7-4-6-14(10-15)13-23-9-5-8-21-23/h4-12H,3,13H2,1-2H3,(H,22,25). The number of nitrogens with one attached hydrogen (secondary N) is 1. The molecule has 1 amide bonds. The number of amides is 1. The first kappa shape index (κ1) is 19.9. The third kappa shape index (κ3) is 4.70. The van der Waals surface area contributed by atoms with Gasteiger partial charge in [0.15, 0.2) is 11.5 Å². The molecule has 3 aromatic rings. The van der Waals surface area contributed by atoms with Gasteiger partial charge in [-0.3, -0.25) is 19.6 Å². The van der Waals surface area contributed by atoms with E-state index in [0.29, 0.717) is 18.8 Å². The molecule has 0 saturated carbocycles. The summed E-state index contributed by atoms with van der Waals surface area (Å²) >= 11 is 0. The van der Waals surface area contributed by atoms with E-state index in [1.165, 1.54) is 19.2 Å². The molecule has 1 N–H and O–H groups in total. The normalized spacial score (nSPS) is 10.4. The average Bonchev–Trinajstić information content (AvgIpc) is 3.21. The van der Waals surface area contributed by atoms with Gasteiger partial charge in [0.25, 0.3) is 11.6 Å². The number of carbonyl (C=O) groups is 1. The number of hydrogen-bond donors (Lipinski definition) is 1. The molecule has 150 valence electrons. The number of nitrogens with zero attached hydrogens (tertiary/aromatic N) is 3. The molecule has 0 aliphatic carbocycles. The molecule has 0 bridgehead atoms. The monoisotopic (exact) mass is 396 g/mol. The molecule has 0 aliphatic heterocycles. The highest BCUT2D eigenvalue weighted by Gasteiger charge is 2.25. The van der Waals surface area contributed by atoms with Crippen molar-refractivity contribution < 1.29 is 19.2 Å². The van der Waals surface area contributed by atoms with Crippen LogP contribution in [0.3, 0.4) is 0 Å². The average molecular weight is 396 g/mol. The molecule has 3 rings (SSSR count). The van der Waals surface area contributed by atoms with Gasteiger partial charge in [-0.2, -0.15) is 5.10 Å². The quantitative estimate of drug-likeness (QED) is 0.461. The Balaban J connectivity index is 1.87. The largest absolute Gasteiger partial charge is 0.493 e. The maximum Gasteiger partial charge on any atom is 0.286 e. The number of anilines is 1. The molecule has 1 heterocycles. The van der Waals surface area contributed by atoms with Crippen LogP contribution in [-0.2, 0) is 6.54 Å². The number of nitro benzene ring substituents is 1. The van der Waals surface area contributed by atoms with Gasteiger partial charge >= 0.3 is 0 Å². The number of methoxy groups -OCH3 is 1. The lowest BCUT2D eigenvalue weighted by Crippen LogP contribution is -2.15. The third-order valence-corrected chi connectivity index (χ3v) is 4.11. The molecule has 2 aromatic carbocycles. The molecule has 1 aromatic heterocycles. The number of hydrogen-bond acceptors (Lipinski definition) is 6. The van der Waals surface area contributed by atoms with Crippen molar-refractivity contribution >= 4 is 17.3 Å². The summed E-state index contributed by atoms with van der Waals surface area (Å²) in [4.78, 5) is 23.6. The summed E-state index contributed by atoms with van der Waals surface area (Å²) < 4.78 is 12.3. The van der Waals surface area contributed by atoms with Crippen molar-refractivity contribution in [1.29, 1.82) is 0 Å². The van der Waals surface area contributed by atoms with Crippen LogP contribution in [0.25, 0.3) is 0 Å². The zero-order valence-electron chi connectivity index (χ0n) is 16.0. The van der Waals surface area contributed by atoms with Crippen LogP contribution in [0.15, 0.2) is 54.9 Å². The van der Waals surface area contributed by atoms with Crippen molar-refractivity contribution in [2.24, 2.45) is 0 Å². The van der Waals surface area contributed by atoms with E-state index < -0.39 is 10.8 Å². The summed E-state index contributed by atoms with van der Waals surface area (Å²) in [6, 6.07) is 11.5. The summed E-state index contributed by atoms with van der Waals surface area (Å²) in [7, 11) is 1.41. The van der Waals surface area contributed by atoms with Crippen LogP contribution in [0.2, 0.25) is 0 Å². The Labute approximate surface area is 167 Å². The van der Waals surface area contributed by atoms with Crippen LogP contribution in [0, 0.1) is 10.1 Å². The van der Waals surface area contributed by atoms with Gasteiger partial charge in [0.05, 0.1) is 31.3 Å². The molecule has 0 spiro atoms. The molecule has 0 radical (unpaired) electrons. The van der Waals surface area contributed by atoms with Crippen molar-refractivity contribution in [1.82, 2.24) is 9.78 Å². The molecule has 0 saturated heterocycles. The SMILES string of the molecule is CCOc1cc([N+](=O)[O-])c(C(=O)Nc2cccc(Cn3cccn3)c2)cc1OC. The highest BCUT2D eigenvalue weighted by Crippen LogP contribution is 2.35. The number of rotatable bonds is 8. The Morgan fingerprint density at radius 1 is 1.24 bits per heavy atom. The molecule has 0 unspecified atom stereocenters. The van der Waals surface area contributed by atoms with E-state index in [4.69, 9.17) is 9.47 Å². The van der Waals surface area contributed by atoms with Crippen molar-refractivity contribution in [2.75, 3.05) is 19.0 Å². The number of nitro groups is 1. The van der Waals surface area contributed by atoms with Crippen LogP contribution >= 0.6 is 0 Å². The maximum absolute atomic E-state index is 12.8. The second kappa shape index (κ2) is 8.87. The summed E-state index contributed by atoms with van der Waals surface area (Å²) in [6.45, 7) is 2.60. The zero-order chi connectivity index (χ0) is 20.8. The van der Waals surface area contributed by atoms with Crippen LogP contribution in [0.4, 0.5) is 11.4 Å². The second-order valence-electron chi connectivity index (χ2n) is 6.07. The van der Waals surface area contributed by atoms with Crippen molar-refractivity contribution in [3.05, 3.63) is 76.1 Å². The predicted molar refractivity (Wildman–Crippen MR) is 107 cm³/mol. The Kier molecular flexibility index (Phi) is 6.08. The molecule has 0 atom stereocenters. The van der Waals surface area contributed by atoms with Crippen LogP contribution in [0.1, 0.15) is 22.8 Å². The van der Waals surface area contributed by atoms with Gasteiger partial charge in [0, 0.05) is 24.1 Å². The van der Waals surface area contributed by atoms with Crippen molar-refractivity contribution in [2.45, 2.75) is 13.5 Å². The Morgan fingerprint density at radius 3 is 2.72 bits per heavy atom. The fourth-order valence-corrected chi connectivity index (χ4v) is 2.84. The van der Waals surface area contributed by atoms with E-state index in [2.05, 4.69) is 10.4 Å². The number of aromatic nitrogens is 2. The predicted octanol–water partition coefficient (Wildman–Crippen LogP) is 3.50. The molecule has 9 nitrogen and oxygen atoms in total. The van der Waals surface area contributed by atoms with E-state index >= 15 is 0 Å². The van der Waals surface area contributed by atoms with E-state index in [9.17, 15) is 14.9 Å². The lowest BCUT2D eigenvalue weighted by Gasteiger charge is -2.12. The number of ether oxygens (including phenoxy) is 2. The minimum atomic E-state index is -0.620. The van der Waals surface area contributed by atoms with Gasteiger partial charge in [-0.25, -0.2) is 0 Å². The molecular weight excluding hydrogens is 376 g/mol. The van der Waals surface area contributed by atoms with Crippen LogP contribution in [0.5, 0.6) is 11.5 Å². The van der Waals surface area contributed by atoms with Crippen LogP contribution < -0.4 is 14.8 Å². The minimum Gasteiger partial charge on any atom is -0.493 e. The number of carbonyl (C=O) groups excluding carboxylic acids is 1. The Morgan fingerprint density at radius 2 is 2.07 bits per heavy atom. The molecule has 9 heteroatoms. The summed E-state index contributed by atoms with van der Waals surface area (Å²) in [5, 5.41) is 18.3. The lowest BCUT2D eigenvalue weighted by atomic mass is 10.1. The summed E-state index contributed by atoms with van der Waals surface area (Å²) in [6.07, 6.45) is 3.52. The lowest BCUT2D eigenvalue weighted by molar-refractivity contribution is -0.385. The van der Waals surface area contributed by atoms with Crippen molar-refractivity contribution in [3.63, 3.8) is 0 Å². The van der Waals surface area contributed by atoms with E-state index in [1.807, 2.05) is 18.3 Å². The number of benzene rings is 2. The smallest absolute Gasteiger partial charge is 0.286 e. The fraction of sp³-hybridized carbons (Fsp3) is 0.200. The van der Waals surface area contributed by atoms with E-state index in [-0.39, 0.29) is 22.7 Å². The highest BCUT2D eigenvalue weighted by atomic mass is 16.6. The summed E-state index contributed by atoms with van der Waals surface area (Å²) in [5.41, 5.74) is 0.958. The Bertz CT molecular complexity index is 1020.